The molecule has 3 nitrogen and oxygen atoms in total. The van der Waals surface area contributed by atoms with Gasteiger partial charge in [-0.3, -0.25) is 0 Å². The van der Waals surface area contributed by atoms with E-state index in [0.717, 1.165) is 15.6 Å². The summed E-state index contributed by atoms with van der Waals surface area (Å²) in [6.07, 6.45) is 1.60. The van der Waals surface area contributed by atoms with Crippen molar-refractivity contribution in [2.75, 3.05) is 7.11 Å². The van der Waals surface area contributed by atoms with Crippen molar-refractivity contribution < 1.29 is 9.53 Å². The number of hydrogen-bond donors (Lipinski definition) is 0. The molecule has 0 radical (unpaired) electrons. The van der Waals surface area contributed by atoms with Crippen molar-refractivity contribution in [3.8, 4) is 11.1 Å². The Morgan fingerprint density at radius 2 is 2.06 bits per heavy atom. The Morgan fingerprint density at radius 1 is 1.29 bits per heavy atom. The molecule has 0 N–H and O–H groups in total. The van der Waals surface area contributed by atoms with Crippen molar-refractivity contribution in [1.29, 1.82) is 0 Å². The standard InChI is InChI=1S/C13H10BrNO2/c1-17-13(16)12-8-9(6-7-15-12)10-4-2-3-5-11(10)14/h2-8H,1H3. The molecule has 17 heavy (non-hydrogen) atoms. The van der Waals surface area contributed by atoms with E-state index in [4.69, 9.17) is 0 Å². The molecular formula is C13H10BrNO2. The molecule has 1 aromatic heterocycles. The molecule has 1 aromatic carbocycles. The minimum absolute atomic E-state index is 0.306. The Balaban J connectivity index is 2.47. The van der Waals surface area contributed by atoms with Gasteiger partial charge in [0.1, 0.15) is 5.69 Å². The highest BCUT2D eigenvalue weighted by molar-refractivity contribution is 9.10. The molecule has 0 fully saturated rings. The number of halogens is 1. The van der Waals surface area contributed by atoms with Crippen LogP contribution in [0.3, 0.4) is 0 Å². The van der Waals surface area contributed by atoms with Gasteiger partial charge in [0.15, 0.2) is 0 Å². The van der Waals surface area contributed by atoms with Crippen molar-refractivity contribution in [2.45, 2.75) is 0 Å². The Bertz CT molecular complexity index is 555. The molecule has 0 aliphatic carbocycles. The van der Waals surface area contributed by atoms with Gasteiger partial charge in [-0.1, -0.05) is 34.1 Å². The zero-order valence-corrected chi connectivity index (χ0v) is 10.8. The smallest absolute Gasteiger partial charge is 0.356 e. The van der Waals surface area contributed by atoms with Crippen molar-refractivity contribution >= 4 is 21.9 Å². The molecule has 1 heterocycles. The molecule has 0 saturated heterocycles. The predicted molar refractivity (Wildman–Crippen MR) is 68.7 cm³/mol. The van der Waals surface area contributed by atoms with Crippen LogP contribution >= 0.6 is 15.9 Å². The van der Waals surface area contributed by atoms with Crippen molar-refractivity contribution in [1.82, 2.24) is 4.98 Å². The van der Waals surface area contributed by atoms with E-state index in [1.54, 1.807) is 12.3 Å². The summed E-state index contributed by atoms with van der Waals surface area (Å²) in [5.41, 5.74) is 2.24. The number of carbonyl (C=O) groups is 1. The summed E-state index contributed by atoms with van der Waals surface area (Å²) < 4.78 is 5.62. The number of carbonyl (C=O) groups excluding carboxylic acids is 1. The van der Waals surface area contributed by atoms with Crippen LogP contribution in [0.1, 0.15) is 10.5 Å². The van der Waals surface area contributed by atoms with E-state index in [9.17, 15) is 4.79 Å². The zero-order chi connectivity index (χ0) is 12.3. The fourth-order valence-corrected chi connectivity index (χ4v) is 2.02. The molecule has 2 aromatic rings. The zero-order valence-electron chi connectivity index (χ0n) is 9.18. The fraction of sp³-hybridized carbons (Fsp3) is 0.0769. The quantitative estimate of drug-likeness (QED) is 0.797. The first-order valence-electron chi connectivity index (χ1n) is 5.01. The second kappa shape index (κ2) is 5.10. The lowest BCUT2D eigenvalue weighted by Crippen LogP contribution is -2.03. The largest absolute Gasteiger partial charge is 0.464 e. The summed E-state index contributed by atoms with van der Waals surface area (Å²) in [6.45, 7) is 0. The van der Waals surface area contributed by atoms with Gasteiger partial charge >= 0.3 is 5.97 Å². The van der Waals surface area contributed by atoms with E-state index in [-0.39, 0.29) is 0 Å². The van der Waals surface area contributed by atoms with Crippen LogP contribution in [0.2, 0.25) is 0 Å². The van der Waals surface area contributed by atoms with E-state index >= 15 is 0 Å². The second-order valence-electron chi connectivity index (χ2n) is 3.40. The van der Waals surface area contributed by atoms with E-state index in [1.807, 2.05) is 30.3 Å². The molecule has 0 aliphatic heterocycles. The number of pyridine rings is 1. The third kappa shape index (κ3) is 2.53. The van der Waals surface area contributed by atoms with E-state index in [1.165, 1.54) is 7.11 Å². The third-order valence-corrected chi connectivity index (χ3v) is 3.03. The molecule has 2 rings (SSSR count). The average Bonchev–Trinajstić information content (AvgIpc) is 2.38. The molecular weight excluding hydrogens is 282 g/mol. The van der Waals surface area contributed by atoms with Gasteiger partial charge in [0.05, 0.1) is 7.11 Å². The Labute approximate surface area is 108 Å². The first kappa shape index (κ1) is 11.8. The normalized spacial score (nSPS) is 10.0. The predicted octanol–water partition coefficient (Wildman–Crippen LogP) is 3.30. The highest BCUT2D eigenvalue weighted by Gasteiger charge is 2.09. The van der Waals surface area contributed by atoms with Crippen molar-refractivity contribution in [3.05, 3.63) is 52.8 Å². The number of rotatable bonds is 2. The first-order valence-corrected chi connectivity index (χ1v) is 5.81. The number of methoxy groups -OCH3 is 1. The number of benzene rings is 1. The highest BCUT2D eigenvalue weighted by Crippen LogP contribution is 2.27. The van der Waals surface area contributed by atoms with Gasteiger partial charge in [0, 0.05) is 10.7 Å². The van der Waals surface area contributed by atoms with Gasteiger partial charge in [-0.15, -0.1) is 0 Å². The Morgan fingerprint density at radius 3 is 2.76 bits per heavy atom. The monoisotopic (exact) mass is 291 g/mol. The summed E-state index contributed by atoms with van der Waals surface area (Å²) in [7, 11) is 1.34. The van der Waals surface area contributed by atoms with Gasteiger partial charge in [-0.05, 0) is 29.3 Å². The summed E-state index contributed by atoms with van der Waals surface area (Å²) >= 11 is 3.48. The molecule has 0 unspecified atom stereocenters. The number of nitrogens with zero attached hydrogens (tertiary/aromatic N) is 1. The molecule has 0 aliphatic rings. The number of esters is 1. The average molecular weight is 292 g/mol. The van der Waals surface area contributed by atoms with Crippen molar-refractivity contribution in [2.24, 2.45) is 0 Å². The fourth-order valence-electron chi connectivity index (χ4n) is 1.51. The lowest BCUT2D eigenvalue weighted by Gasteiger charge is -2.05. The van der Waals surface area contributed by atoms with Crippen LogP contribution in [0.25, 0.3) is 11.1 Å². The number of aromatic nitrogens is 1. The van der Waals surface area contributed by atoms with Crippen molar-refractivity contribution in [3.63, 3.8) is 0 Å². The van der Waals surface area contributed by atoms with Crippen LogP contribution in [-0.4, -0.2) is 18.1 Å². The summed E-state index contributed by atoms with van der Waals surface area (Å²) in [4.78, 5) is 15.4. The SMILES string of the molecule is COC(=O)c1cc(-c2ccccc2Br)ccn1. The molecule has 0 atom stereocenters. The van der Waals surface area contributed by atoms with E-state index < -0.39 is 5.97 Å². The van der Waals surface area contributed by atoms with Gasteiger partial charge in [-0.2, -0.15) is 0 Å². The van der Waals surface area contributed by atoms with Crippen LogP contribution in [0, 0.1) is 0 Å². The highest BCUT2D eigenvalue weighted by atomic mass is 79.9. The van der Waals surface area contributed by atoms with E-state index in [2.05, 4.69) is 25.7 Å². The minimum Gasteiger partial charge on any atom is -0.464 e. The maximum absolute atomic E-state index is 11.4. The van der Waals surface area contributed by atoms with Crippen LogP contribution in [0.4, 0.5) is 0 Å². The summed E-state index contributed by atoms with van der Waals surface area (Å²) in [5, 5.41) is 0. The minimum atomic E-state index is -0.432. The molecule has 4 heteroatoms. The van der Waals surface area contributed by atoms with E-state index in [0.29, 0.717) is 5.69 Å². The third-order valence-electron chi connectivity index (χ3n) is 2.34. The maximum Gasteiger partial charge on any atom is 0.356 e. The van der Waals surface area contributed by atoms with Crippen LogP contribution in [0.5, 0.6) is 0 Å². The number of hydrogen-bond acceptors (Lipinski definition) is 3. The van der Waals surface area contributed by atoms with Crippen LogP contribution < -0.4 is 0 Å². The maximum atomic E-state index is 11.4. The lowest BCUT2D eigenvalue weighted by atomic mass is 10.1. The molecule has 0 spiro atoms. The Kier molecular flexibility index (Phi) is 3.54. The summed E-state index contributed by atoms with van der Waals surface area (Å²) in [5.74, 6) is -0.432. The van der Waals surface area contributed by atoms with Crippen LogP contribution in [-0.2, 0) is 4.74 Å². The topological polar surface area (TPSA) is 39.2 Å². The van der Waals surface area contributed by atoms with Gasteiger partial charge in [-0.25, -0.2) is 9.78 Å². The molecule has 0 amide bonds. The molecule has 0 bridgehead atoms. The van der Waals surface area contributed by atoms with Gasteiger partial charge < -0.3 is 4.74 Å². The lowest BCUT2D eigenvalue weighted by molar-refractivity contribution is 0.0594. The summed E-state index contributed by atoms with van der Waals surface area (Å²) in [6, 6.07) is 11.4. The number of ether oxygens (including phenoxy) is 1. The van der Waals surface area contributed by atoms with Crippen LogP contribution in [0.15, 0.2) is 47.1 Å². The first-order chi connectivity index (χ1) is 8.22. The van der Waals surface area contributed by atoms with Gasteiger partial charge in [0.25, 0.3) is 0 Å². The molecule has 0 saturated carbocycles. The second-order valence-corrected chi connectivity index (χ2v) is 4.26. The molecule has 86 valence electrons. The Hall–Kier alpha value is -1.68. The van der Waals surface area contributed by atoms with Gasteiger partial charge in [0.2, 0.25) is 0 Å².